The highest BCUT2D eigenvalue weighted by molar-refractivity contribution is 6.21. The molecule has 0 bridgehead atoms. The first-order valence-corrected chi connectivity index (χ1v) is 8.18. The van der Waals surface area contributed by atoms with E-state index in [0.29, 0.717) is 0 Å². The van der Waals surface area contributed by atoms with E-state index in [0.717, 1.165) is 38.3 Å². The molecule has 0 aliphatic carbocycles. The molecule has 1 aliphatic rings. The molecule has 1 amide bonds. The van der Waals surface area contributed by atoms with Gasteiger partial charge >= 0.3 is 0 Å². The van der Waals surface area contributed by atoms with Gasteiger partial charge in [0.25, 0.3) is 0 Å². The zero-order valence-corrected chi connectivity index (χ0v) is 13.6. The fourth-order valence-electron chi connectivity index (χ4n) is 2.98. The van der Waals surface area contributed by atoms with Crippen LogP contribution < -0.4 is 0 Å². The minimum absolute atomic E-state index is 0.0199. The number of piperazine rings is 1. The number of carbonyl (C=O) groups excluding carboxylic acids is 1. The first kappa shape index (κ1) is 15.3. The van der Waals surface area contributed by atoms with Crippen LogP contribution in [0.3, 0.4) is 0 Å². The summed E-state index contributed by atoms with van der Waals surface area (Å²) in [7, 11) is 0. The first-order chi connectivity index (χ1) is 10.6. The van der Waals surface area contributed by atoms with E-state index >= 15 is 0 Å². The maximum Gasteiger partial charge on any atom is 0.219 e. The Balaban J connectivity index is 1.63. The molecule has 1 atom stereocenters. The van der Waals surface area contributed by atoms with Gasteiger partial charge in [-0.1, -0.05) is 36.4 Å². The molecule has 1 unspecified atom stereocenters. The van der Waals surface area contributed by atoms with Gasteiger partial charge in [0.05, 0.1) is 5.38 Å². The number of rotatable bonds is 3. The quantitative estimate of drug-likeness (QED) is 0.811. The summed E-state index contributed by atoms with van der Waals surface area (Å²) in [5.74, 6) is 0.164. The molecule has 0 spiro atoms. The summed E-state index contributed by atoms with van der Waals surface area (Å²) in [4.78, 5) is 15.6. The standard InChI is InChI=1S/C18H21ClN2O/c1-14(22)21-10-8-20(9-11-21)13-18(19)17-7-6-15-4-2-3-5-16(15)12-17/h2-7,12,18H,8-11,13H2,1H3. The molecule has 1 heterocycles. The summed E-state index contributed by atoms with van der Waals surface area (Å²) in [5, 5.41) is 2.45. The smallest absolute Gasteiger partial charge is 0.219 e. The number of hydrogen-bond donors (Lipinski definition) is 0. The van der Waals surface area contributed by atoms with Crippen molar-refractivity contribution in [2.75, 3.05) is 32.7 Å². The van der Waals surface area contributed by atoms with E-state index in [1.807, 2.05) is 4.90 Å². The largest absolute Gasteiger partial charge is 0.340 e. The highest BCUT2D eigenvalue weighted by atomic mass is 35.5. The third-order valence-corrected chi connectivity index (χ3v) is 4.76. The Morgan fingerprint density at radius 1 is 1.09 bits per heavy atom. The number of alkyl halides is 1. The number of benzene rings is 2. The van der Waals surface area contributed by atoms with Crippen LogP contribution in [0.1, 0.15) is 17.9 Å². The van der Waals surface area contributed by atoms with E-state index in [-0.39, 0.29) is 11.3 Å². The lowest BCUT2D eigenvalue weighted by atomic mass is 10.0. The molecule has 1 saturated heterocycles. The lowest BCUT2D eigenvalue weighted by molar-refractivity contribution is -0.130. The number of hydrogen-bond acceptors (Lipinski definition) is 2. The average Bonchev–Trinajstić information content (AvgIpc) is 2.55. The van der Waals surface area contributed by atoms with Crippen LogP contribution in [-0.4, -0.2) is 48.4 Å². The van der Waals surface area contributed by atoms with Gasteiger partial charge in [0.1, 0.15) is 0 Å². The summed E-state index contributed by atoms with van der Waals surface area (Å²) in [6.45, 7) is 5.86. The van der Waals surface area contributed by atoms with Gasteiger partial charge in [-0.15, -0.1) is 11.6 Å². The van der Waals surface area contributed by atoms with Crippen LogP contribution in [0, 0.1) is 0 Å². The highest BCUT2D eigenvalue weighted by Crippen LogP contribution is 2.26. The van der Waals surface area contributed by atoms with E-state index in [2.05, 4.69) is 47.4 Å². The van der Waals surface area contributed by atoms with Crippen LogP contribution >= 0.6 is 11.6 Å². The van der Waals surface area contributed by atoms with Gasteiger partial charge in [-0.2, -0.15) is 0 Å². The summed E-state index contributed by atoms with van der Waals surface area (Å²) in [6, 6.07) is 14.8. The summed E-state index contributed by atoms with van der Waals surface area (Å²) < 4.78 is 0. The van der Waals surface area contributed by atoms with E-state index in [4.69, 9.17) is 11.6 Å². The molecule has 116 valence electrons. The van der Waals surface area contributed by atoms with Crippen molar-refractivity contribution in [3.8, 4) is 0 Å². The number of carbonyl (C=O) groups is 1. The van der Waals surface area contributed by atoms with Crippen molar-refractivity contribution < 1.29 is 4.79 Å². The predicted molar refractivity (Wildman–Crippen MR) is 91.2 cm³/mol. The normalized spacial score (nSPS) is 17.6. The summed E-state index contributed by atoms with van der Waals surface area (Å²) in [5.41, 5.74) is 1.16. The van der Waals surface area contributed by atoms with Gasteiger partial charge in [-0.05, 0) is 22.4 Å². The van der Waals surface area contributed by atoms with Crippen molar-refractivity contribution >= 4 is 28.3 Å². The molecule has 0 aromatic heterocycles. The summed E-state index contributed by atoms with van der Waals surface area (Å²) >= 11 is 6.62. The number of halogens is 1. The minimum Gasteiger partial charge on any atom is -0.340 e. The lowest BCUT2D eigenvalue weighted by Crippen LogP contribution is -2.48. The topological polar surface area (TPSA) is 23.6 Å². The van der Waals surface area contributed by atoms with E-state index in [1.165, 1.54) is 10.8 Å². The van der Waals surface area contributed by atoms with Gasteiger partial charge in [-0.25, -0.2) is 0 Å². The molecule has 2 aromatic rings. The maximum atomic E-state index is 11.4. The molecule has 3 nitrogen and oxygen atoms in total. The summed E-state index contributed by atoms with van der Waals surface area (Å²) in [6.07, 6.45) is 0. The molecule has 0 saturated carbocycles. The van der Waals surface area contributed by atoms with Gasteiger partial charge in [0, 0.05) is 39.6 Å². The number of amides is 1. The second kappa shape index (κ2) is 6.67. The van der Waals surface area contributed by atoms with E-state index < -0.39 is 0 Å². The Morgan fingerprint density at radius 3 is 2.45 bits per heavy atom. The van der Waals surface area contributed by atoms with Crippen molar-refractivity contribution in [3.63, 3.8) is 0 Å². The maximum absolute atomic E-state index is 11.4. The Bertz CT molecular complexity index is 665. The molecule has 0 radical (unpaired) electrons. The predicted octanol–water partition coefficient (Wildman–Crippen LogP) is 3.28. The van der Waals surface area contributed by atoms with Gasteiger partial charge in [-0.3, -0.25) is 9.69 Å². The average molecular weight is 317 g/mol. The molecule has 3 rings (SSSR count). The highest BCUT2D eigenvalue weighted by Gasteiger charge is 2.21. The molecule has 1 fully saturated rings. The van der Waals surface area contributed by atoms with Crippen molar-refractivity contribution in [1.29, 1.82) is 0 Å². The van der Waals surface area contributed by atoms with Crippen LogP contribution in [0.5, 0.6) is 0 Å². The molecular formula is C18H21ClN2O. The zero-order valence-electron chi connectivity index (χ0n) is 12.8. The SMILES string of the molecule is CC(=O)N1CCN(CC(Cl)c2ccc3ccccc3c2)CC1. The van der Waals surface area contributed by atoms with Crippen LogP contribution in [0.2, 0.25) is 0 Å². The second-order valence-electron chi connectivity index (χ2n) is 5.88. The number of fused-ring (bicyclic) bond motifs is 1. The molecule has 1 aliphatic heterocycles. The molecule has 0 N–H and O–H groups in total. The van der Waals surface area contributed by atoms with Crippen LogP contribution in [0.25, 0.3) is 10.8 Å². The van der Waals surface area contributed by atoms with Gasteiger partial charge in [0.15, 0.2) is 0 Å². The number of nitrogens with zero attached hydrogens (tertiary/aromatic N) is 2. The third kappa shape index (κ3) is 3.42. The third-order valence-electron chi connectivity index (χ3n) is 4.37. The fourth-order valence-corrected chi connectivity index (χ4v) is 3.31. The fraction of sp³-hybridized carbons (Fsp3) is 0.389. The van der Waals surface area contributed by atoms with Crippen molar-refractivity contribution in [3.05, 3.63) is 48.0 Å². The van der Waals surface area contributed by atoms with Crippen molar-refractivity contribution in [1.82, 2.24) is 9.80 Å². The minimum atomic E-state index is -0.0199. The Morgan fingerprint density at radius 2 is 1.77 bits per heavy atom. The molecule has 2 aromatic carbocycles. The van der Waals surface area contributed by atoms with Crippen LogP contribution in [-0.2, 0) is 4.79 Å². The van der Waals surface area contributed by atoms with E-state index in [1.54, 1.807) is 6.92 Å². The van der Waals surface area contributed by atoms with Crippen molar-refractivity contribution in [2.45, 2.75) is 12.3 Å². The Labute approximate surface area is 136 Å². The van der Waals surface area contributed by atoms with Crippen LogP contribution in [0.15, 0.2) is 42.5 Å². The Hall–Kier alpha value is -1.58. The van der Waals surface area contributed by atoms with Gasteiger partial charge < -0.3 is 4.90 Å². The van der Waals surface area contributed by atoms with Gasteiger partial charge in [0.2, 0.25) is 5.91 Å². The molecular weight excluding hydrogens is 296 g/mol. The van der Waals surface area contributed by atoms with Crippen LogP contribution in [0.4, 0.5) is 0 Å². The Kier molecular flexibility index (Phi) is 4.65. The molecule has 4 heteroatoms. The van der Waals surface area contributed by atoms with Crippen molar-refractivity contribution in [2.24, 2.45) is 0 Å². The first-order valence-electron chi connectivity index (χ1n) is 7.74. The van der Waals surface area contributed by atoms with E-state index in [9.17, 15) is 4.79 Å². The second-order valence-corrected chi connectivity index (χ2v) is 6.41. The monoisotopic (exact) mass is 316 g/mol. The molecule has 22 heavy (non-hydrogen) atoms. The zero-order chi connectivity index (χ0) is 15.5. The lowest BCUT2D eigenvalue weighted by Gasteiger charge is -2.35.